The zero-order chi connectivity index (χ0) is 8.15. The highest BCUT2D eigenvalue weighted by molar-refractivity contribution is 5.77. The number of hydrogen-bond donors (Lipinski definition) is 3. The monoisotopic (exact) mass is 146 g/mol. The van der Waals surface area contributed by atoms with Gasteiger partial charge < -0.3 is 16.2 Å². The van der Waals surface area contributed by atoms with Crippen LogP contribution in [0, 0.1) is 0 Å². The van der Waals surface area contributed by atoms with Gasteiger partial charge in [0.2, 0.25) is 5.91 Å². The Morgan fingerprint density at radius 2 is 2.20 bits per heavy atom. The van der Waals surface area contributed by atoms with E-state index in [1.165, 1.54) is 0 Å². The van der Waals surface area contributed by atoms with Crippen LogP contribution in [0.4, 0.5) is 0 Å². The van der Waals surface area contributed by atoms with Gasteiger partial charge in [-0.3, -0.25) is 4.79 Å². The van der Waals surface area contributed by atoms with Crippen molar-refractivity contribution in [1.29, 1.82) is 0 Å². The van der Waals surface area contributed by atoms with Crippen LogP contribution >= 0.6 is 0 Å². The van der Waals surface area contributed by atoms with E-state index >= 15 is 0 Å². The molecular weight excluding hydrogens is 132 g/mol. The first kappa shape index (κ1) is 9.39. The van der Waals surface area contributed by atoms with Crippen molar-refractivity contribution in [2.45, 2.75) is 25.9 Å². The average Bonchev–Trinajstić information content (AvgIpc) is 1.87. The van der Waals surface area contributed by atoms with Crippen LogP contribution in [0.2, 0.25) is 0 Å². The summed E-state index contributed by atoms with van der Waals surface area (Å²) in [4.78, 5) is 10.5. The Bertz CT molecular complexity index is 114. The fourth-order valence-corrected chi connectivity index (χ4v) is 0.431. The summed E-state index contributed by atoms with van der Waals surface area (Å²) in [6, 6.07) is -0.171. The van der Waals surface area contributed by atoms with Crippen molar-refractivity contribution in [3.8, 4) is 0 Å². The molecule has 0 aliphatic rings. The van der Waals surface area contributed by atoms with Crippen LogP contribution in [0.3, 0.4) is 0 Å². The highest BCUT2D eigenvalue weighted by atomic mass is 16.3. The quantitative estimate of drug-likeness (QED) is 0.469. The summed E-state index contributed by atoms with van der Waals surface area (Å²) in [5.74, 6) is -0.384. The van der Waals surface area contributed by atoms with Crippen LogP contribution in [-0.2, 0) is 4.79 Å². The number of aliphatic hydroxyl groups is 1. The zero-order valence-electron chi connectivity index (χ0n) is 6.29. The van der Waals surface area contributed by atoms with Crippen LogP contribution in [0.5, 0.6) is 0 Å². The largest absolute Gasteiger partial charge is 0.387 e. The lowest BCUT2D eigenvalue weighted by atomic mass is 10.2. The lowest BCUT2D eigenvalue weighted by Gasteiger charge is -2.16. The molecule has 0 aliphatic heterocycles. The lowest BCUT2D eigenvalue weighted by molar-refractivity contribution is -0.124. The summed E-state index contributed by atoms with van der Waals surface area (Å²) in [6.07, 6.45) is 0. The Labute approximate surface area is 60.4 Å². The SMILES string of the molecule is CC(N)C(C)NC(=O)CO. The van der Waals surface area contributed by atoms with E-state index < -0.39 is 6.61 Å². The van der Waals surface area contributed by atoms with Gasteiger partial charge in [0.25, 0.3) is 0 Å². The third kappa shape index (κ3) is 3.42. The molecule has 0 bridgehead atoms. The van der Waals surface area contributed by atoms with Crippen LogP contribution < -0.4 is 11.1 Å². The first-order valence-corrected chi connectivity index (χ1v) is 3.23. The number of nitrogens with one attached hydrogen (secondary N) is 1. The Hall–Kier alpha value is -0.610. The minimum absolute atomic E-state index is 0.0837. The van der Waals surface area contributed by atoms with Gasteiger partial charge in [0.05, 0.1) is 0 Å². The summed E-state index contributed by atoms with van der Waals surface area (Å²) >= 11 is 0. The molecule has 4 N–H and O–H groups in total. The Balaban J connectivity index is 3.57. The summed E-state index contributed by atoms with van der Waals surface area (Å²) in [5.41, 5.74) is 5.44. The maximum atomic E-state index is 10.5. The van der Waals surface area contributed by atoms with Crippen molar-refractivity contribution in [2.75, 3.05) is 6.61 Å². The minimum Gasteiger partial charge on any atom is -0.387 e. The number of nitrogens with two attached hydrogens (primary N) is 1. The molecule has 2 unspecified atom stereocenters. The number of hydrogen-bond acceptors (Lipinski definition) is 3. The smallest absolute Gasteiger partial charge is 0.245 e. The van der Waals surface area contributed by atoms with E-state index in [1.54, 1.807) is 13.8 Å². The zero-order valence-corrected chi connectivity index (χ0v) is 6.29. The number of carbonyl (C=O) groups is 1. The van der Waals surface area contributed by atoms with Gasteiger partial charge in [-0.25, -0.2) is 0 Å². The van der Waals surface area contributed by atoms with Gasteiger partial charge in [-0.2, -0.15) is 0 Å². The predicted octanol–water partition coefficient (Wildman–Crippen LogP) is -1.17. The molecule has 0 aromatic heterocycles. The Kier molecular flexibility index (Phi) is 3.99. The summed E-state index contributed by atoms with van der Waals surface area (Å²) in [5, 5.41) is 10.8. The molecule has 0 radical (unpaired) electrons. The molecule has 0 saturated carbocycles. The third-order valence-electron chi connectivity index (χ3n) is 1.32. The molecule has 0 rings (SSSR count). The van der Waals surface area contributed by atoms with Gasteiger partial charge >= 0.3 is 0 Å². The Morgan fingerprint density at radius 1 is 1.70 bits per heavy atom. The van der Waals surface area contributed by atoms with Crippen LogP contribution in [-0.4, -0.2) is 29.7 Å². The van der Waals surface area contributed by atoms with Gasteiger partial charge in [0, 0.05) is 12.1 Å². The van der Waals surface area contributed by atoms with Gasteiger partial charge in [0.15, 0.2) is 0 Å². The van der Waals surface area contributed by atoms with Crippen molar-refractivity contribution < 1.29 is 9.90 Å². The van der Waals surface area contributed by atoms with Gasteiger partial charge in [0.1, 0.15) is 6.61 Å². The van der Waals surface area contributed by atoms with E-state index in [9.17, 15) is 4.79 Å². The number of rotatable bonds is 3. The summed E-state index contributed by atoms with van der Waals surface area (Å²) in [7, 11) is 0. The first-order chi connectivity index (χ1) is 4.57. The van der Waals surface area contributed by atoms with Gasteiger partial charge in [-0.15, -0.1) is 0 Å². The maximum absolute atomic E-state index is 10.5. The molecule has 0 aromatic carbocycles. The standard InChI is InChI=1S/C6H14N2O2/c1-4(7)5(2)8-6(10)3-9/h4-5,9H,3,7H2,1-2H3,(H,8,10). The van der Waals surface area contributed by atoms with E-state index in [-0.39, 0.29) is 18.0 Å². The molecular formula is C6H14N2O2. The molecule has 4 heteroatoms. The molecule has 2 atom stereocenters. The second-order valence-electron chi connectivity index (χ2n) is 2.37. The summed E-state index contributed by atoms with van der Waals surface area (Å²) < 4.78 is 0. The van der Waals surface area contributed by atoms with E-state index in [0.29, 0.717) is 0 Å². The van der Waals surface area contributed by atoms with E-state index in [2.05, 4.69) is 5.32 Å². The number of carbonyl (C=O) groups excluding carboxylic acids is 1. The molecule has 0 heterocycles. The fraction of sp³-hybridized carbons (Fsp3) is 0.833. The van der Waals surface area contributed by atoms with Crippen molar-refractivity contribution in [3.05, 3.63) is 0 Å². The van der Waals surface area contributed by atoms with Crippen molar-refractivity contribution >= 4 is 5.91 Å². The average molecular weight is 146 g/mol. The predicted molar refractivity (Wildman–Crippen MR) is 38.3 cm³/mol. The molecule has 0 aromatic rings. The van der Waals surface area contributed by atoms with Gasteiger partial charge in [-0.1, -0.05) is 0 Å². The normalized spacial score (nSPS) is 16.0. The van der Waals surface area contributed by atoms with E-state index in [0.717, 1.165) is 0 Å². The van der Waals surface area contributed by atoms with Crippen molar-refractivity contribution in [3.63, 3.8) is 0 Å². The molecule has 0 fully saturated rings. The highest BCUT2D eigenvalue weighted by Crippen LogP contribution is 1.85. The Morgan fingerprint density at radius 3 is 2.50 bits per heavy atom. The first-order valence-electron chi connectivity index (χ1n) is 3.23. The van der Waals surface area contributed by atoms with Crippen LogP contribution in [0.1, 0.15) is 13.8 Å². The highest BCUT2D eigenvalue weighted by Gasteiger charge is 2.08. The second kappa shape index (κ2) is 4.24. The van der Waals surface area contributed by atoms with E-state index in [1.807, 2.05) is 0 Å². The molecule has 4 nitrogen and oxygen atoms in total. The summed E-state index contributed by atoms with van der Waals surface area (Å²) in [6.45, 7) is 3.11. The number of amides is 1. The minimum atomic E-state index is -0.475. The lowest BCUT2D eigenvalue weighted by Crippen LogP contribution is -2.44. The molecule has 60 valence electrons. The van der Waals surface area contributed by atoms with Crippen LogP contribution in [0.25, 0.3) is 0 Å². The molecule has 0 spiro atoms. The maximum Gasteiger partial charge on any atom is 0.245 e. The van der Waals surface area contributed by atoms with Crippen molar-refractivity contribution in [2.24, 2.45) is 5.73 Å². The topological polar surface area (TPSA) is 75.3 Å². The number of aliphatic hydroxyl groups excluding tert-OH is 1. The third-order valence-corrected chi connectivity index (χ3v) is 1.32. The van der Waals surface area contributed by atoms with E-state index in [4.69, 9.17) is 10.8 Å². The second-order valence-corrected chi connectivity index (χ2v) is 2.37. The van der Waals surface area contributed by atoms with Crippen molar-refractivity contribution in [1.82, 2.24) is 5.32 Å². The van der Waals surface area contributed by atoms with Gasteiger partial charge in [-0.05, 0) is 13.8 Å². The van der Waals surface area contributed by atoms with Crippen LogP contribution in [0.15, 0.2) is 0 Å². The molecule has 0 aliphatic carbocycles. The molecule has 0 saturated heterocycles. The fourth-order valence-electron chi connectivity index (χ4n) is 0.431. The molecule has 1 amide bonds. The molecule has 10 heavy (non-hydrogen) atoms.